The van der Waals surface area contributed by atoms with Crippen LogP contribution >= 0.6 is 0 Å². The number of rotatable bonds is 6. The van der Waals surface area contributed by atoms with Gasteiger partial charge in [0.2, 0.25) is 0 Å². The van der Waals surface area contributed by atoms with E-state index in [4.69, 9.17) is 12.6 Å². The highest BCUT2D eigenvalue weighted by molar-refractivity contribution is 6.76. The van der Waals surface area contributed by atoms with Gasteiger partial charge in [-0.2, -0.15) is 5.10 Å². The Labute approximate surface area is 98.4 Å². The smallest absolute Gasteiger partial charge is 0.169 e. The Morgan fingerprint density at radius 3 is 2.75 bits per heavy atom. The van der Waals surface area contributed by atoms with Gasteiger partial charge < -0.3 is 4.74 Å². The van der Waals surface area contributed by atoms with Gasteiger partial charge in [0.1, 0.15) is 20.3 Å². The van der Waals surface area contributed by atoms with E-state index in [2.05, 4.69) is 24.7 Å². The van der Waals surface area contributed by atoms with Crippen LogP contribution in [-0.2, 0) is 11.5 Å². The molecule has 16 heavy (non-hydrogen) atoms. The van der Waals surface area contributed by atoms with E-state index < -0.39 is 8.07 Å². The number of nitrogens with zero attached hydrogens (tertiary/aromatic N) is 2. The minimum Gasteiger partial charge on any atom is -0.360 e. The molecule has 2 radical (unpaired) electrons. The molecular formula is C10H17BN2O2Si. The summed E-state index contributed by atoms with van der Waals surface area (Å²) in [5.41, 5.74) is 0.664. The van der Waals surface area contributed by atoms with Gasteiger partial charge in [-0.15, -0.1) is 0 Å². The molecule has 1 rings (SSSR count). The van der Waals surface area contributed by atoms with Gasteiger partial charge in [-0.1, -0.05) is 19.6 Å². The van der Waals surface area contributed by atoms with E-state index in [1.807, 2.05) is 0 Å². The van der Waals surface area contributed by atoms with Crippen molar-refractivity contribution in [1.82, 2.24) is 9.78 Å². The summed E-state index contributed by atoms with van der Waals surface area (Å²) >= 11 is 0. The molecule has 0 fully saturated rings. The third kappa shape index (κ3) is 4.32. The van der Waals surface area contributed by atoms with Gasteiger partial charge in [0, 0.05) is 20.9 Å². The fourth-order valence-electron chi connectivity index (χ4n) is 1.15. The van der Waals surface area contributed by atoms with E-state index in [1.165, 1.54) is 0 Å². The molecule has 0 aromatic carbocycles. The van der Waals surface area contributed by atoms with Crippen LogP contribution in [0.1, 0.15) is 10.5 Å². The van der Waals surface area contributed by atoms with Gasteiger partial charge in [-0.05, 0) is 11.5 Å². The number of ether oxygens (including phenoxy) is 1. The van der Waals surface area contributed by atoms with E-state index in [-0.39, 0.29) is 5.69 Å². The van der Waals surface area contributed by atoms with Crippen LogP contribution in [0.5, 0.6) is 0 Å². The van der Waals surface area contributed by atoms with Crippen molar-refractivity contribution >= 4 is 27.7 Å². The molecule has 0 atom stereocenters. The number of carbonyl (C=O) groups excluding carboxylic acids is 1. The summed E-state index contributed by atoms with van der Waals surface area (Å²) in [7, 11) is 4.52. The zero-order valence-corrected chi connectivity index (χ0v) is 11.1. The number of aldehydes is 1. The first-order valence-corrected chi connectivity index (χ1v) is 8.99. The first-order chi connectivity index (χ1) is 7.42. The molecule has 0 amide bonds. The van der Waals surface area contributed by atoms with Crippen molar-refractivity contribution in [3.05, 3.63) is 11.9 Å². The average molecular weight is 236 g/mol. The van der Waals surface area contributed by atoms with Gasteiger partial charge in [0.25, 0.3) is 0 Å². The standard InChI is InChI=1S/C10H17BN2O2Si/c1-16(2,3)5-4-15-8-13-6-9(11)10(7-14)12-13/h6-7H,4-5,8H2,1-3H3. The van der Waals surface area contributed by atoms with Crippen molar-refractivity contribution in [3.63, 3.8) is 0 Å². The monoisotopic (exact) mass is 236 g/mol. The van der Waals surface area contributed by atoms with E-state index >= 15 is 0 Å². The zero-order valence-electron chi connectivity index (χ0n) is 10.1. The predicted molar refractivity (Wildman–Crippen MR) is 67.1 cm³/mol. The molecular weight excluding hydrogens is 219 g/mol. The van der Waals surface area contributed by atoms with Crippen molar-refractivity contribution in [2.24, 2.45) is 0 Å². The average Bonchev–Trinajstić information content (AvgIpc) is 2.52. The van der Waals surface area contributed by atoms with Crippen molar-refractivity contribution in [2.45, 2.75) is 32.4 Å². The number of hydrogen-bond acceptors (Lipinski definition) is 3. The highest BCUT2D eigenvalue weighted by atomic mass is 28.3. The second kappa shape index (κ2) is 5.45. The fraction of sp³-hybridized carbons (Fsp3) is 0.600. The molecule has 0 aliphatic carbocycles. The molecule has 0 bridgehead atoms. The van der Waals surface area contributed by atoms with Crippen LogP contribution in [-0.4, -0.2) is 38.6 Å². The van der Waals surface area contributed by atoms with E-state index in [9.17, 15) is 4.79 Å². The summed E-state index contributed by atoms with van der Waals surface area (Å²) in [6, 6.07) is 1.12. The maximum Gasteiger partial charge on any atom is 0.169 e. The third-order valence-corrected chi connectivity index (χ3v) is 3.86. The molecule has 0 aliphatic rings. The lowest BCUT2D eigenvalue weighted by Gasteiger charge is -2.15. The molecule has 0 aliphatic heterocycles. The van der Waals surface area contributed by atoms with Crippen molar-refractivity contribution in [2.75, 3.05) is 6.61 Å². The third-order valence-electron chi connectivity index (χ3n) is 2.15. The SMILES string of the molecule is [B]c1cn(COCC[Si](C)(C)C)nc1C=O. The first kappa shape index (κ1) is 13.2. The summed E-state index contributed by atoms with van der Waals surface area (Å²) in [5, 5.41) is 3.97. The number of hydrogen-bond donors (Lipinski definition) is 0. The van der Waals surface area contributed by atoms with E-state index in [0.717, 1.165) is 12.7 Å². The lowest BCUT2D eigenvalue weighted by molar-refractivity contribution is 0.0782. The van der Waals surface area contributed by atoms with Gasteiger partial charge >= 0.3 is 0 Å². The topological polar surface area (TPSA) is 44.1 Å². The first-order valence-electron chi connectivity index (χ1n) is 5.28. The van der Waals surface area contributed by atoms with Crippen LogP contribution in [0, 0.1) is 0 Å². The molecule has 4 nitrogen and oxygen atoms in total. The number of aromatic nitrogens is 2. The highest BCUT2D eigenvalue weighted by Gasteiger charge is 2.12. The molecule has 0 saturated carbocycles. The van der Waals surface area contributed by atoms with Crippen molar-refractivity contribution < 1.29 is 9.53 Å². The molecule has 0 spiro atoms. The lowest BCUT2D eigenvalue weighted by Crippen LogP contribution is -2.22. The Balaban J connectivity index is 2.35. The van der Waals surface area contributed by atoms with Gasteiger partial charge in [-0.25, -0.2) is 4.68 Å². The quantitative estimate of drug-likeness (QED) is 0.417. The summed E-state index contributed by atoms with van der Waals surface area (Å²) in [6.45, 7) is 7.97. The minimum atomic E-state index is -1.04. The number of carbonyl (C=O) groups is 1. The molecule has 6 heteroatoms. The molecule has 1 aromatic heterocycles. The van der Waals surface area contributed by atoms with Crippen LogP contribution in [0.15, 0.2) is 6.20 Å². The van der Waals surface area contributed by atoms with E-state index in [1.54, 1.807) is 10.9 Å². The Kier molecular flexibility index (Phi) is 4.49. The maximum atomic E-state index is 10.5. The predicted octanol–water partition coefficient (Wildman–Crippen LogP) is 0.802. The zero-order chi connectivity index (χ0) is 12.2. The van der Waals surface area contributed by atoms with Crippen LogP contribution < -0.4 is 5.46 Å². The Morgan fingerprint density at radius 2 is 2.25 bits per heavy atom. The van der Waals surface area contributed by atoms with Crippen LogP contribution in [0.4, 0.5) is 0 Å². The Hall–Kier alpha value is -0.878. The summed E-state index contributed by atoms with van der Waals surface area (Å²) in [6.07, 6.45) is 2.26. The molecule has 86 valence electrons. The fourth-order valence-corrected chi connectivity index (χ4v) is 1.90. The molecule has 0 unspecified atom stereocenters. The summed E-state index contributed by atoms with van der Waals surface area (Å²) in [4.78, 5) is 10.5. The van der Waals surface area contributed by atoms with Gasteiger partial charge in [-0.3, -0.25) is 4.79 Å². The van der Waals surface area contributed by atoms with Crippen molar-refractivity contribution in [1.29, 1.82) is 0 Å². The van der Waals surface area contributed by atoms with E-state index in [0.29, 0.717) is 18.5 Å². The molecule has 1 heterocycles. The van der Waals surface area contributed by atoms with Crippen LogP contribution in [0.3, 0.4) is 0 Å². The summed E-state index contributed by atoms with van der Waals surface area (Å²) in [5.74, 6) is 0. The molecule has 0 saturated heterocycles. The largest absolute Gasteiger partial charge is 0.360 e. The lowest BCUT2D eigenvalue weighted by atomic mass is 9.98. The molecule has 1 aromatic rings. The minimum absolute atomic E-state index is 0.272. The molecule has 0 N–H and O–H groups in total. The summed E-state index contributed by atoms with van der Waals surface area (Å²) < 4.78 is 7.02. The Bertz CT molecular complexity index is 360. The van der Waals surface area contributed by atoms with Gasteiger partial charge in [0.15, 0.2) is 6.29 Å². The van der Waals surface area contributed by atoms with Crippen LogP contribution in [0.25, 0.3) is 0 Å². The van der Waals surface area contributed by atoms with Crippen molar-refractivity contribution in [3.8, 4) is 0 Å². The highest BCUT2D eigenvalue weighted by Crippen LogP contribution is 2.07. The normalized spacial score (nSPS) is 11.7. The second-order valence-electron chi connectivity index (χ2n) is 4.98. The maximum absolute atomic E-state index is 10.5. The van der Waals surface area contributed by atoms with Crippen LogP contribution in [0.2, 0.25) is 25.7 Å². The second-order valence-corrected chi connectivity index (χ2v) is 10.6. The van der Waals surface area contributed by atoms with Gasteiger partial charge in [0.05, 0.1) is 0 Å². The Morgan fingerprint density at radius 1 is 1.56 bits per heavy atom.